The molecule has 22 heavy (non-hydrogen) atoms. The third-order valence-electron chi connectivity index (χ3n) is 3.97. The summed E-state index contributed by atoms with van der Waals surface area (Å²) in [6, 6.07) is 4.70. The van der Waals surface area contributed by atoms with Crippen LogP contribution in [-0.4, -0.2) is 28.3 Å². The first-order valence-corrected chi connectivity index (χ1v) is 8.04. The summed E-state index contributed by atoms with van der Waals surface area (Å²) in [5, 5.41) is 23.8. The predicted octanol–water partition coefficient (Wildman–Crippen LogP) is 3.33. The molecule has 0 aliphatic rings. The number of hydrogen-bond acceptors (Lipinski definition) is 3. The molecule has 6 heteroatoms. The zero-order valence-electron chi connectivity index (χ0n) is 13.1. The summed E-state index contributed by atoms with van der Waals surface area (Å²) in [4.78, 5) is 11.9. The van der Waals surface area contributed by atoms with Crippen molar-refractivity contribution in [3.8, 4) is 0 Å². The van der Waals surface area contributed by atoms with Crippen LogP contribution < -0.4 is 5.32 Å². The van der Waals surface area contributed by atoms with Crippen LogP contribution in [0, 0.1) is 5.92 Å². The van der Waals surface area contributed by atoms with Crippen molar-refractivity contribution in [2.24, 2.45) is 5.92 Å². The van der Waals surface area contributed by atoms with E-state index >= 15 is 0 Å². The molecule has 0 fully saturated rings. The number of rotatable bonds is 7. The summed E-state index contributed by atoms with van der Waals surface area (Å²) >= 11 is 11.7. The first-order valence-electron chi connectivity index (χ1n) is 7.28. The lowest BCUT2D eigenvalue weighted by atomic mass is 9.88. The summed E-state index contributed by atoms with van der Waals surface area (Å²) in [6.45, 7) is 5.74. The van der Waals surface area contributed by atoms with Gasteiger partial charge in [0.15, 0.2) is 0 Å². The van der Waals surface area contributed by atoms with Crippen LogP contribution in [-0.2, 0) is 4.79 Å². The number of carbonyl (C=O) groups excluding carboxylic acids is 1. The molecule has 0 aromatic heterocycles. The van der Waals surface area contributed by atoms with E-state index in [-0.39, 0.29) is 24.8 Å². The van der Waals surface area contributed by atoms with Crippen LogP contribution in [0.4, 0.5) is 0 Å². The van der Waals surface area contributed by atoms with E-state index in [0.29, 0.717) is 15.6 Å². The van der Waals surface area contributed by atoms with Gasteiger partial charge in [0.25, 0.3) is 0 Å². The van der Waals surface area contributed by atoms with Gasteiger partial charge in [0, 0.05) is 16.6 Å². The first-order chi connectivity index (χ1) is 10.2. The summed E-state index contributed by atoms with van der Waals surface area (Å²) in [7, 11) is 0. The lowest BCUT2D eigenvalue weighted by Gasteiger charge is -2.30. The van der Waals surface area contributed by atoms with Crippen LogP contribution in [0.1, 0.15) is 45.3 Å². The predicted molar refractivity (Wildman–Crippen MR) is 89.1 cm³/mol. The molecule has 1 aromatic carbocycles. The second-order valence-electron chi connectivity index (χ2n) is 5.87. The molecule has 0 saturated heterocycles. The number of carbonyl (C=O) groups is 1. The Morgan fingerprint density at radius 1 is 1.32 bits per heavy atom. The summed E-state index contributed by atoms with van der Waals surface area (Å²) in [5.74, 6) is -0.281. The molecule has 1 amide bonds. The number of aliphatic hydroxyl groups is 2. The lowest BCUT2D eigenvalue weighted by molar-refractivity contribution is -0.124. The van der Waals surface area contributed by atoms with Crippen LogP contribution in [0.2, 0.25) is 10.0 Å². The maximum absolute atomic E-state index is 11.9. The molecule has 0 heterocycles. The highest BCUT2D eigenvalue weighted by Crippen LogP contribution is 2.25. The molecular formula is C16H23Cl2NO3. The third-order valence-corrected chi connectivity index (χ3v) is 4.40. The largest absolute Gasteiger partial charge is 0.388 e. The average Bonchev–Trinajstić information content (AvgIpc) is 2.43. The van der Waals surface area contributed by atoms with E-state index in [1.165, 1.54) is 0 Å². The van der Waals surface area contributed by atoms with Crippen LogP contribution in [0.5, 0.6) is 0 Å². The monoisotopic (exact) mass is 347 g/mol. The fourth-order valence-electron chi connectivity index (χ4n) is 2.02. The lowest BCUT2D eigenvalue weighted by Crippen LogP contribution is -2.45. The van der Waals surface area contributed by atoms with Crippen molar-refractivity contribution in [3.63, 3.8) is 0 Å². The van der Waals surface area contributed by atoms with Gasteiger partial charge in [-0.1, -0.05) is 43.5 Å². The zero-order valence-corrected chi connectivity index (χ0v) is 14.6. The second kappa shape index (κ2) is 8.16. The van der Waals surface area contributed by atoms with E-state index in [2.05, 4.69) is 5.32 Å². The standard InChI is InChI=1S/C16H23Cl2NO3/c1-4-10(2)16(3,22)9-19-15(21)8-14(20)11-5-12(17)7-13(18)6-11/h5-7,10,14,20,22H,4,8-9H2,1-3H3,(H,19,21). The van der Waals surface area contributed by atoms with E-state index in [4.69, 9.17) is 23.2 Å². The molecule has 3 unspecified atom stereocenters. The minimum atomic E-state index is -0.996. The van der Waals surface area contributed by atoms with Crippen molar-refractivity contribution in [2.45, 2.75) is 45.3 Å². The van der Waals surface area contributed by atoms with E-state index in [1.807, 2.05) is 13.8 Å². The topological polar surface area (TPSA) is 69.6 Å². The van der Waals surface area contributed by atoms with Gasteiger partial charge in [0.2, 0.25) is 5.91 Å². The number of nitrogens with one attached hydrogen (secondary N) is 1. The Labute approximate surface area is 141 Å². The first kappa shape index (κ1) is 19.2. The van der Waals surface area contributed by atoms with E-state index in [1.54, 1.807) is 25.1 Å². The minimum absolute atomic E-state index is 0.0597. The van der Waals surface area contributed by atoms with Crippen LogP contribution >= 0.6 is 23.2 Å². The van der Waals surface area contributed by atoms with Crippen molar-refractivity contribution < 1.29 is 15.0 Å². The fraction of sp³-hybridized carbons (Fsp3) is 0.562. The van der Waals surface area contributed by atoms with Gasteiger partial charge in [-0.3, -0.25) is 4.79 Å². The maximum Gasteiger partial charge on any atom is 0.223 e. The average molecular weight is 348 g/mol. The van der Waals surface area contributed by atoms with Gasteiger partial charge in [0.05, 0.1) is 18.1 Å². The van der Waals surface area contributed by atoms with Crippen molar-refractivity contribution in [1.82, 2.24) is 5.32 Å². The Bertz CT molecular complexity index is 500. The van der Waals surface area contributed by atoms with Gasteiger partial charge in [-0.15, -0.1) is 0 Å². The normalized spacial score (nSPS) is 16.7. The van der Waals surface area contributed by atoms with E-state index in [0.717, 1.165) is 6.42 Å². The summed E-state index contributed by atoms with van der Waals surface area (Å²) in [6.07, 6.45) is -0.301. The Kier molecular flexibility index (Phi) is 7.13. The molecule has 0 saturated carbocycles. The van der Waals surface area contributed by atoms with Gasteiger partial charge in [-0.25, -0.2) is 0 Å². The smallest absolute Gasteiger partial charge is 0.223 e. The summed E-state index contributed by atoms with van der Waals surface area (Å²) in [5.41, 5.74) is -0.490. The number of hydrogen-bond donors (Lipinski definition) is 3. The number of halogens is 2. The number of amides is 1. The molecule has 4 nitrogen and oxygen atoms in total. The molecule has 0 bridgehead atoms. The summed E-state index contributed by atoms with van der Waals surface area (Å²) < 4.78 is 0. The minimum Gasteiger partial charge on any atom is -0.388 e. The fourth-order valence-corrected chi connectivity index (χ4v) is 2.57. The van der Waals surface area contributed by atoms with Crippen LogP contribution in [0.3, 0.4) is 0 Å². The number of aliphatic hydroxyl groups excluding tert-OH is 1. The molecule has 3 atom stereocenters. The van der Waals surface area contributed by atoms with Crippen molar-refractivity contribution in [1.29, 1.82) is 0 Å². The van der Waals surface area contributed by atoms with Crippen molar-refractivity contribution >= 4 is 29.1 Å². The highest BCUT2D eigenvalue weighted by Gasteiger charge is 2.27. The molecule has 3 N–H and O–H groups in total. The maximum atomic E-state index is 11.9. The van der Waals surface area contributed by atoms with Crippen molar-refractivity contribution in [2.75, 3.05) is 6.54 Å². The van der Waals surface area contributed by atoms with Crippen molar-refractivity contribution in [3.05, 3.63) is 33.8 Å². The quantitative estimate of drug-likeness (QED) is 0.708. The van der Waals surface area contributed by atoms with E-state index < -0.39 is 11.7 Å². The highest BCUT2D eigenvalue weighted by molar-refractivity contribution is 6.34. The molecule has 1 rings (SSSR count). The Hall–Kier alpha value is -0.810. The van der Waals surface area contributed by atoms with Crippen LogP contribution in [0.25, 0.3) is 0 Å². The van der Waals surface area contributed by atoms with Gasteiger partial charge >= 0.3 is 0 Å². The molecule has 0 radical (unpaired) electrons. The molecule has 0 aliphatic heterocycles. The van der Waals surface area contributed by atoms with Gasteiger partial charge in [-0.2, -0.15) is 0 Å². The second-order valence-corrected chi connectivity index (χ2v) is 6.74. The van der Waals surface area contributed by atoms with Gasteiger partial charge in [0.1, 0.15) is 0 Å². The molecule has 124 valence electrons. The Morgan fingerprint density at radius 3 is 2.36 bits per heavy atom. The molecular weight excluding hydrogens is 325 g/mol. The SMILES string of the molecule is CCC(C)C(C)(O)CNC(=O)CC(O)c1cc(Cl)cc(Cl)c1. The molecule has 1 aromatic rings. The highest BCUT2D eigenvalue weighted by atomic mass is 35.5. The third kappa shape index (κ3) is 5.76. The van der Waals surface area contributed by atoms with Gasteiger partial charge in [-0.05, 0) is 36.6 Å². The van der Waals surface area contributed by atoms with Gasteiger partial charge < -0.3 is 15.5 Å². The molecule has 0 aliphatic carbocycles. The van der Waals surface area contributed by atoms with E-state index in [9.17, 15) is 15.0 Å². The Morgan fingerprint density at radius 2 is 1.86 bits per heavy atom. The number of benzene rings is 1. The zero-order chi connectivity index (χ0) is 16.9. The van der Waals surface area contributed by atoms with Crippen LogP contribution in [0.15, 0.2) is 18.2 Å². The Balaban J connectivity index is 2.58. The molecule has 0 spiro atoms.